The topological polar surface area (TPSA) is 91.2 Å². The maximum Gasteiger partial charge on any atom is 0.277 e. The number of phenols is 2. The van der Waals surface area contributed by atoms with Gasteiger partial charge in [0, 0.05) is 5.56 Å². The average molecular weight is 537 g/mol. The molecule has 0 aromatic heterocycles. The van der Waals surface area contributed by atoms with E-state index in [1.165, 1.54) is 12.3 Å². The minimum absolute atomic E-state index is 0.204. The Morgan fingerprint density at radius 3 is 2.60 bits per heavy atom. The summed E-state index contributed by atoms with van der Waals surface area (Å²) in [6.45, 7) is 1.75. The SMILES string of the molecule is Cc1ccc(OCC(=O)N/N=C/c2cc(Br)c(O)c(O)c2Br)c(Br)c1. The molecule has 0 bridgehead atoms. The zero-order valence-electron chi connectivity index (χ0n) is 12.9. The van der Waals surface area contributed by atoms with Gasteiger partial charge < -0.3 is 14.9 Å². The normalized spacial score (nSPS) is 10.9. The number of hydrogen-bond acceptors (Lipinski definition) is 5. The number of rotatable bonds is 5. The van der Waals surface area contributed by atoms with Crippen LogP contribution < -0.4 is 10.2 Å². The molecule has 0 saturated heterocycles. The smallest absolute Gasteiger partial charge is 0.277 e. The summed E-state index contributed by atoms with van der Waals surface area (Å²) in [5.74, 6) is -0.499. The predicted molar refractivity (Wildman–Crippen MR) is 105 cm³/mol. The van der Waals surface area contributed by atoms with Crippen LogP contribution in [0.5, 0.6) is 17.2 Å². The van der Waals surface area contributed by atoms with E-state index in [0.29, 0.717) is 15.8 Å². The molecule has 3 N–H and O–H groups in total. The van der Waals surface area contributed by atoms with E-state index in [9.17, 15) is 15.0 Å². The van der Waals surface area contributed by atoms with Gasteiger partial charge in [-0.25, -0.2) is 5.43 Å². The lowest BCUT2D eigenvalue weighted by molar-refractivity contribution is -0.123. The second kappa shape index (κ2) is 8.68. The second-order valence-electron chi connectivity index (χ2n) is 4.97. The van der Waals surface area contributed by atoms with Crippen molar-refractivity contribution in [3.05, 3.63) is 48.8 Å². The minimum Gasteiger partial charge on any atom is -0.503 e. The largest absolute Gasteiger partial charge is 0.503 e. The minimum atomic E-state index is -0.443. The van der Waals surface area contributed by atoms with Crippen molar-refractivity contribution in [2.75, 3.05) is 6.61 Å². The molecule has 9 heteroatoms. The van der Waals surface area contributed by atoms with Crippen LogP contribution in [0.2, 0.25) is 0 Å². The summed E-state index contributed by atoms with van der Waals surface area (Å²) in [5.41, 5.74) is 3.86. The third kappa shape index (κ3) is 5.20. The number of carbonyl (C=O) groups is 1. The van der Waals surface area contributed by atoms with Crippen molar-refractivity contribution in [2.24, 2.45) is 5.10 Å². The van der Waals surface area contributed by atoms with E-state index >= 15 is 0 Å². The van der Waals surface area contributed by atoms with Gasteiger partial charge in [-0.15, -0.1) is 0 Å². The van der Waals surface area contributed by atoms with Gasteiger partial charge in [-0.3, -0.25) is 4.79 Å². The number of hydrogen-bond donors (Lipinski definition) is 3. The number of halogens is 3. The van der Waals surface area contributed by atoms with Crippen LogP contribution in [0.4, 0.5) is 0 Å². The highest BCUT2D eigenvalue weighted by atomic mass is 79.9. The Hall–Kier alpha value is -1.58. The zero-order chi connectivity index (χ0) is 18.6. The maximum absolute atomic E-state index is 11.8. The van der Waals surface area contributed by atoms with Crippen LogP contribution in [0, 0.1) is 6.92 Å². The molecule has 132 valence electrons. The summed E-state index contributed by atoms with van der Waals surface area (Å²) in [6, 6.07) is 7.07. The molecule has 0 spiro atoms. The molecule has 0 heterocycles. The molecular weight excluding hydrogens is 524 g/mol. The Kier molecular flexibility index (Phi) is 6.86. The molecule has 0 aliphatic heterocycles. The molecule has 1 amide bonds. The fraction of sp³-hybridized carbons (Fsp3) is 0.125. The number of hydrazone groups is 1. The highest BCUT2D eigenvalue weighted by Crippen LogP contribution is 2.40. The Balaban J connectivity index is 1.95. The van der Waals surface area contributed by atoms with E-state index in [2.05, 4.69) is 58.3 Å². The van der Waals surface area contributed by atoms with Crippen LogP contribution in [0.15, 0.2) is 42.8 Å². The number of nitrogens with one attached hydrogen (secondary N) is 1. The quantitative estimate of drug-likeness (QED) is 0.303. The van der Waals surface area contributed by atoms with Crippen molar-refractivity contribution < 1.29 is 19.7 Å². The first kappa shape index (κ1) is 19.7. The van der Waals surface area contributed by atoms with Gasteiger partial charge in [0.1, 0.15) is 5.75 Å². The molecule has 2 aromatic carbocycles. The van der Waals surface area contributed by atoms with E-state index in [4.69, 9.17) is 4.74 Å². The zero-order valence-corrected chi connectivity index (χ0v) is 17.6. The van der Waals surface area contributed by atoms with Gasteiger partial charge in [-0.1, -0.05) is 6.07 Å². The Labute approximate surface area is 169 Å². The van der Waals surface area contributed by atoms with Crippen molar-refractivity contribution in [1.29, 1.82) is 0 Å². The van der Waals surface area contributed by atoms with Crippen molar-refractivity contribution >= 4 is 59.9 Å². The van der Waals surface area contributed by atoms with Crippen LogP contribution >= 0.6 is 47.8 Å². The molecular formula is C16H13Br3N2O4. The lowest BCUT2D eigenvalue weighted by Crippen LogP contribution is -2.24. The van der Waals surface area contributed by atoms with E-state index in [0.717, 1.165) is 10.0 Å². The summed E-state index contributed by atoms with van der Waals surface area (Å²) in [5, 5.41) is 23.1. The van der Waals surface area contributed by atoms with E-state index < -0.39 is 5.91 Å². The van der Waals surface area contributed by atoms with Crippen LogP contribution in [0.1, 0.15) is 11.1 Å². The fourth-order valence-electron chi connectivity index (χ4n) is 1.79. The van der Waals surface area contributed by atoms with E-state index in [-0.39, 0.29) is 22.6 Å². The molecule has 2 rings (SSSR count). The average Bonchev–Trinajstić information content (AvgIpc) is 2.56. The number of amides is 1. The number of benzene rings is 2. The molecule has 0 unspecified atom stereocenters. The van der Waals surface area contributed by atoms with Gasteiger partial charge in [0.15, 0.2) is 18.1 Å². The van der Waals surface area contributed by atoms with Gasteiger partial charge in [-0.2, -0.15) is 5.10 Å². The van der Waals surface area contributed by atoms with Crippen molar-refractivity contribution in [3.8, 4) is 17.2 Å². The molecule has 0 atom stereocenters. The number of carbonyl (C=O) groups excluding carboxylic acids is 1. The summed E-state index contributed by atoms with van der Waals surface area (Å²) in [6.07, 6.45) is 1.33. The Bertz CT molecular complexity index is 841. The maximum atomic E-state index is 11.8. The predicted octanol–water partition coefficient (Wildman–Crippen LogP) is 4.22. The first-order valence-corrected chi connectivity index (χ1v) is 9.28. The van der Waals surface area contributed by atoms with Gasteiger partial charge in [-0.05, 0) is 78.5 Å². The molecule has 0 aliphatic rings. The number of phenolic OH excluding ortho intramolecular Hbond substituents is 2. The molecule has 0 aliphatic carbocycles. The number of aromatic hydroxyl groups is 2. The van der Waals surface area contributed by atoms with Gasteiger partial charge >= 0.3 is 0 Å². The van der Waals surface area contributed by atoms with E-state index in [1.807, 2.05) is 19.1 Å². The summed E-state index contributed by atoms with van der Waals surface area (Å²) in [4.78, 5) is 11.8. The van der Waals surface area contributed by atoms with Gasteiger partial charge in [0.25, 0.3) is 5.91 Å². The highest BCUT2D eigenvalue weighted by Gasteiger charge is 2.13. The lowest BCUT2D eigenvalue weighted by Gasteiger charge is -2.08. The van der Waals surface area contributed by atoms with Gasteiger partial charge in [0.05, 0.1) is 19.6 Å². The van der Waals surface area contributed by atoms with Crippen LogP contribution in [0.3, 0.4) is 0 Å². The highest BCUT2D eigenvalue weighted by molar-refractivity contribution is 9.11. The molecule has 6 nitrogen and oxygen atoms in total. The summed E-state index contributed by atoms with van der Waals surface area (Å²) < 4.78 is 6.73. The number of nitrogens with zero attached hydrogens (tertiary/aromatic N) is 1. The van der Waals surface area contributed by atoms with Crippen LogP contribution in [-0.4, -0.2) is 28.9 Å². The molecule has 0 fully saturated rings. The van der Waals surface area contributed by atoms with Crippen LogP contribution in [0.25, 0.3) is 0 Å². The molecule has 25 heavy (non-hydrogen) atoms. The monoisotopic (exact) mass is 534 g/mol. The second-order valence-corrected chi connectivity index (χ2v) is 7.48. The summed E-state index contributed by atoms with van der Waals surface area (Å²) in [7, 11) is 0. The number of ether oxygens (including phenoxy) is 1. The third-order valence-corrected chi connectivity index (χ3v) is 5.09. The van der Waals surface area contributed by atoms with Crippen molar-refractivity contribution in [3.63, 3.8) is 0 Å². The first-order valence-electron chi connectivity index (χ1n) is 6.90. The van der Waals surface area contributed by atoms with E-state index in [1.54, 1.807) is 6.07 Å². The molecule has 0 saturated carbocycles. The summed E-state index contributed by atoms with van der Waals surface area (Å²) >= 11 is 9.62. The molecule has 2 aromatic rings. The molecule has 0 radical (unpaired) electrons. The number of aryl methyl sites for hydroxylation is 1. The van der Waals surface area contributed by atoms with Crippen molar-refractivity contribution in [2.45, 2.75) is 6.92 Å². The van der Waals surface area contributed by atoms with Gasteiger partial charge in [0.2, 0.25) is 0 Å². The van der Waals surface area contributed by atoms with Crippen molar-refractivity contribution in [1.82, 2.24) is 5.43 Å². The standard InChI is InChI=1S/C16H13Br3N2O4/c1-8-2-3-12(10(17)4-8)25-7-13(22)21-20-6-9-5-11(18)15(23)16(24)14(9)19/h2-6,23-24H,7H2,1H3,(H,21,22)/b20-6+. The Morgan fingerprint density at radius 2 is 1.92 bits per heavy atom. The lowest BCUT2D eigenvalue weighted by atomic mass is 10.2. The Morgan fingerprint density at radius 1 is 1.20 bits per heavy atom. The first-order chi connectivity index (χ1) is 11.8. The fourth-order valence-corrected chi connectivity index (χ4v) is 3.24. The van der Waals surface area contributed by atoms with Crippen LogP contribution in [-0.2, 0) is 4.79 Å². The third-order valence-electron chi connectivity index (χ3n) is 3.03.